The highest BCUT2D eigenvalue weighted by Gasteiger charge is 2.39. The maximum absolute atomic E-state index is 12.4. The summed E-state index contributed by atoms with van der Waals surface area (Å²) in [6, 6.07) is 3.64. The molecule has 0 spiro atoms. The number of aromatic hydroxyl groups is 1. The van der Waals surface area contributed by atoms with Gasteiger partial charge in [0.05, 0.1) is 5.41 Å². The zero-order valence-electron chi connectivity index (χ0n) is 12.0. The Morgan fingerprint density at radius 3 is 2.50 bits per heavy atom. The summed E-state index contributed by atoms with van der Waals surface area (Å²) in [4.78, 5) is 12.4. The molecular formula is C15H23ClN2O2. The van der Waals surface area contributed by atoms with E-state index in [0.717, 1.165) is 31.2 Å². The Morgan fingerprint density at radius 2 is 1.95 bits per heavy atom. The third kappa shape index (κ3) is 2.91. The van der Waals surface area contributed by atoms with Crippen LogP contribution in [0.4, 0.5) is 5.69 Å². The molecule has 0 saturated heterocycles. The molecule has 4 nitrogen and oxygen atoms in total. The van der Waals surface area contributed by atoms with Crippen LogP contribution in [0.3, 0.4) is 0 Å². The van der Waals surface area contributed by atoms with Crippen LogP contribution >= 0.6 is 12.4 Å². The molecule has 20 heavy (non-hydrogen) atoms. The van der Waals surface area contributed by atoms with E-state index in [2.05, 4.69) is 5.32 Å². The Labute approximate surface area is 126 Å². The number of halogens is 1. The topological polar surface area (TPSA) is 75.4 Å². The quantitative estimate of drug-likeness (QED) is 0.803. The van der Waals surface area contributed by atoms with Gasteiger partial charge in [0.1, 0.15) is 5.75 Å². The second kappa shape index (κ2) is 6.46. The molecule has 0 atom stereocenters. The molecule has 0 unspecified atom stereocenters. The van der Waals surface area contributed by atoms with Crippen molar-refractivity contribution in [1.82, 2.24) is 0 Å². The van der Waals surface area contributed by atoms with E-state index < -0.39 is 5.41 Å². The highest BCUT2D eigenvalue weighted by atomic mass is 35.5. The van der Waals surface area contributed by atoms with Crippen molar-refractivity contribution in [2.24, 2.45) is 11.1 Å². The van der Waals surface area contributed by atoms with Gasteiger partial charge in [-0.25, -0.2) is 0 Å². The summed E-state index contributed by atoms with van der Waals surface area (Å²) < 4.78 is 0. The van der Waals surface area contributed by atoms with Crippen molar-refractivity contribution in [1.29, 1.82) is 0 Å². The molecule has 1 aliphatic carbocycles. The van der Waals surface area contributed by atoms with Gasteiger partial charge in [0.2, 0.25) is 5.91 Å². The third-order valence-corrected chi connectivity index (χ3v) is 4.31. The van der Waals surface area contributed by atoms with Gasteiger partial charge in [-0.1, -0.05) is 18.9 Å². The summed E-state index contributed by atoms with van der Waals surface area (Å²) in [7, 11) is 0. The first-order valence-electron chi connectivity index (χ1n) is 6.81. The number of phenols is 1. The van der Waals surface area contributed by atoms with Crippen molar-refractivity contribution in [2.75, 3.05) is 11.9 Å². The number of phenolic OH excluding ortho intramolecular Hbond substituents is 1. The molecule has 1 amide bonds. The first-order chi connectivity index (χ1) is 9.00. The summed E-state index contributed by atoms with van der Waals surface area (Å²) in [5.41, 5.74) is 7.57. The number of carbonyl (C=O) groups is 1. The van der Waals surface area contributed by atoms with Crippen LogP contribution in [0.1, 0.15) is 36.8 Å². The molecule has 0 radical (unpaired) electrons. The number of anilines is 1. The number of nitrogens with two attached hydrogens (primary N) is 1. The van der Waals surface area contributed by atoms with Crippen LogP contribution in [0, 0.1) is 19.3 Å². The number of rotatable bonds is 3. The van der Waals surface area contributed by atoms with Gasteiger partial charge in [-0.3, -0.25) is 4.79 Å². The van der Waals surface area contributed by atoms with Crippen LogP contribution in [-0.2, 0) is 4.79 Å². The Kier molecular flexibility index (Phi) is 5.42. The fourth-order valence-corrected chi connectivity index (χ4v) is 2.80. The number of hydrogen-bond acceptors (Lipinski definition) is 3. The van der Waals surface area contributed by atoms with E-state index >= 15 is 0 Å². The highest BCUT2D eigenvalue weighted by Crippen LogP contribution is 2.39. The van der Waals surface area contributed by atoms with Gasteiger partial charge in [-0.05, 0) is 38.3 Å². The van der Waals surface area contributed by atoms with Crippen LogP contribution in [0.15, 0.2) is 12.1 Å². The maximum Gasteiger partial charge on any atom is 0.231 e. The lowest BCUT2D eigenvalue weighted by Gasteiger charge is -2.26. The van der Waals surface area contributed by atoms with Crippen molar-refractivity contribution >= 4 is 24.0 Å². The van der Waals surface area contributed by atoms with Crippen LogP contribution in [0.25, 0.3) is 0 Å². The summed E-state index contributed by atoms with van der Waals surface area (Å²) >= 11 is 0. The lowest BCUT2D eigenvalue weighted by Crippen LogP contribution is -2.40. The summed E-state index contributed by atoms with van der Waals surface area (Å²) in [5, 5.41) is 12.8. The van der Waals surface area contributed by atoms with Crippen LogP contribution in [0.2, 0.25) is 0 Å². The molecule has 112 valence electrons. The zero-order valence-corrected chi connectivity index (χ0v) is 12.8. The Morgan fingerprint density at radius 1 is 1.35 bits per heavy atom. The van der Waals surface area contributed by atoms with E-state index in [0.29, 0.717) is 17.8 Å². The summed E-state index contributed by atoms with van der Waals surface area (Å²) in [6.07, 6.45) is 3.82. The minimum atomic E-state index is -0.424. The van der Waals surface area contributed by atoms with Gasteiger partial charge in [-0.15, -0.1) is 12.4 Å². The van der Waals surface area contributed by atoms with E-state index in [1.165, 1.54) is 0 Å². The first-order valence-corrected chi connectivity index (χ1v) is 6.81. The number of nitrogens with one attached hydrogen (secondary N) is 1. The number of hydrogen-bond donors (Lipinski definition) is 3. The molecule has 0 aliphatic heterocycles. The molecule has 4 N–H and O–H groups in total. The van der Waals surface area contributed by atoms with Crippen molar-refractivity contribution in [3.05, 3.63) is 23.3 Å². The van der Waals surface area contributed by atoms with E-state index in [1.807, 2.05) is 26.0 Å². The number of carbonyl (C=O) groups excluding carboxylic acids is 1. The molecule has 2 rings (SSSR count). The molecule has 1 aliphatic rings. The number of amides is 1. The van der Waals surface area contributed by atoms with Gasteiger partial charge in [0, 0.05) is 17.8 Å². The molecular weight excluding hydrogens is 276 g/mol. The zero-order chi connectivity index (χ0) is 14.0. The smallest absolute Gasteiger partial charge is 0.231 e. The fourth-order valence-electron chi connectivity index (χ4n) is 2.80. The summed E-state index contributed by atoms with van der Waals surface area (Å²) in [6.45, 7) is 4.03. The lowest BCUT2D eigenvalue weighted by molar-refractivity contribution is -0.124. The predicted octanol–water partition coefficient (Wildman–Crippen LogP) is 2.89. The lowest BCUT2D eigenvalue weighted by atomic mass is 9.85. The van der Waals surface area contributed by atoms with Crippen molar-refractivity contribution < 1.29 is 9.90 Å². The van der Waals surface area contributed by atoms with Crippen LogP contribution in [-0.4, -0.2) is 17.6 Å². The fraction of sp³-hybridized carbons (Fsp3) is 0.533. The molecule has 0 bridgehead atoms. The second-order valence-electron chi connectivity index (χ2n) is 5.55. The number of benzene rings is 1. The van der Waals surface area contributed by atoms with Crippen molar-refractivity contribution in [3.8, 4) is 5.75 Å². The third-order valence-electron chi connectivity index (χ3n) is 4.31. The average Bonchev–Trinajstić information content (AvgIpc) is 2.89. The van der Waals surface area contributed by atoms with E-state index in [1.54, 1.807) is 0 Å². The second-order valence-corrected chi connectivity index (χ2v) is 5.55. The van der Waals surface area contributed by atoms with Gasteiger partial charge in [-0.2, -0.15) is 0 Å². The van der Waals surface area contributed by atoms with Crippen molar-refractivity contribution in [3.63, 3.8) is 0 Å². The van der Waals surface area contributed by atoms with Gasteiger partial charge in [0.25, 0.3) is 0 Å². The Bertz CT molecular complexity index is 497. The van der Waals surface area contributed by atoms with E-state index in [9.17, 15) is 9.90 Å². The molecule has 1 aromatic rings. The molecule has 1 fully saturated rings. The predicted molar refractivity (Wildman–Crippen MR) is 83.4 cm³/mol. The van der Waals surface area contributed by atoms with E-state index in [-0.39, 0.29) is 24.1 Å². The van der Waals surface area contributed by atoms with Gasteiger partial charge >= 0.3 is 0 Å². The van der Waals surface area contributed by atoms with E-state index in [4.69, 9.17) is 5.73 Å². The number of aryl methyl sites for hydroxylation is 1. The molecule has 1 saturated carbocycles. The monoisotopic (exact) mass is 298 g/mol. The minimum Gasteiger partial charge on any atom is -0.507 e. The van der Waals surface area contributed by atoms with Crippen molar-refractivity contribution in [2.45, 2.75) is 39.5 Å². The Balaban J connectivity index is 0.00000200. The Hall–Kier alpha value is -1.26. The average molecular weight is 299 g/mol. The standard InChI is InChI=1S/C15H22N2O2.ClH/c1-10-5-6-12(11(2)13(10)18)17-14(19)15(9-16)7-3-4-8-15;/h5-6,18H,3-4,7-9,16H2,1-2H3,(H,17,19);1H. The first kappa shape index (κ1) is 16.8. The normalized spacial score (nSPS) is 16.6. The molecule has 0 aromatic heterocycles. The maximum atomic E-state index is 12.4. The minimum absolute atomic E-state index is 0. The van der Waals surface area contributed by atoms with Crippen LogP contribution < -0.4 is 11.1 Å². The van der Waals surface area contributed by atoms with Gasteiger partial charge < -0.3 is 16.2 Å². The largest absolute Gasteiger partial charge is 0.507 e. The van der Waals surface area contributed by atoms with Gasteiger partial charge in [0.15, 0.2) is 0 Å². The molecule has 1 aromatic carbocycles. The molecule has 0 heterocycles. The molecule has 5 heteroatoms. The van der Waals surface area contributed by atoms with Crippen LogP contribution in [0.5, 0.6) is 5.75 Å². The highest BCUT2D eigenvalue weighted by molar-refractivity contribution is 5.96. The summed E-state index contributed by atoms with van der Waals surface area (Å²) in [5.74, 6) is 0.227. The SMILES string of the molecule is Cc1ccc(NC(=O)C2(CN)CCCC2)c(C)c1O.Cl.